The van der Waals surface area contributed by atoms with Crippen molar-refractivity contribution in [2.45, 2.75) is 6.04 Å². The number of hydrogen-bond donors (Lipinski definition) is 2. The van der Waals surface area contributed by atoms with Crippen LogP contribution in [0.15, 0.2) is 42.5 Å². The molecule has 0 aliphatic rings. The average Bonchev–Trinajstić information content (AvgIpc) is 2.56. The minimum Gasteiger partial charge on any atom is -0.382 e. The Hall–Kier alpha value is -1.66. The van der Waals surface area contributed by atoms with E-state index >= 15 is 0 Å². The van der Waals surface area contributed by atoms with Crippen LogP contribution < -0.4 is 11.1 Å². The minimum atomic E-state index is -0.219. The van der Waals surface area contributed by atoms with Crippen LogP contribution in [0.3, 0.4) is 0 Å². The summed E-state index contributed by atoms with van der Waals surface area (Å²) in [5, 5.41) is 5.19. The zero-order valence-electron chi connectivity index (χ0n) is 13.2. The summed E-state index contributed by atoms with van der Waals surface area (Å²) in [6.45, 7) is 1.21. The van der Waals surface area contributed by atoms with Crippen molar-refractivity contribution in [2.75, 3.05) is 33.5 Å². The van der Waals surface area contributed by atoms with E-state index in [4.69, 9.17) is 15.2 Å². The molecule has 0 aliphatic carbocycles. The fourth-order valence-corrected chi connectivity index (χ4v) is 2.25. The first-order chi connectivity index (χ1) is 10.7. The predicted molar refractivity (Wildman–Crippen MR) is 93.8 cm³/mol. The van der Waals surface area contributed by atoms with Crippen molar-refractivity contribution in [3.05, 3.63) is 48.0 Å². The lowest BCUT2D eigenvalue weighted by Crippen LogP contribution is -2.35. The number of nitrogens with two attached hydrogens (primary N) is 1. The molecule has 1 atom stereocenters. The second kappa shape index (κ2) is 10.2. The van der Waals surface area contributed by atoms with Crippen molar-refractivity contribution in [3.63, 3.8) is 0 Å². The first-order valence-corrected chi connectivity index (χ1v) is 7.29. The highest BCUT2D eigenvalue weighted by Gasteiger charge is 2.13. The third-order valence-electron chi connectivity index (χ3n) is 3.41. The molecular formula is C17H23ClN2O3. The van der Waals surface area contributed by atoms with E-state index in [0.717, 1.165) is 16.3 Å². The van der Waals surface area contributed by atoms with Crippen LogP contribution in [-0.4, -0.2) is 39.4 Å². The molecule has 1 unspecified atom stereocenters. The fourth-order valence-electron chi connectivity index (χ4n) is 2.25. The maximum Gasteiger partial charge on any atom is 0.246 e. The van der Waals surface area contributed by atoms with Crippen molar-refractivity contribution >= 4 is 29.1 Å². The van der Waals surface area contributed by atoms with Gasteiger partial charge in [-0.15, -0.1) is 12.4 Å². The van der Waals surface area contributed by atoms with Crippen LogP contribution in [-0.2, 0) is 14.3 Å². The number of benzene rings is 2. The summed E-state index contributed by atoms with van der Waals surface area (Å²) in [6.07, 6.45) is 0. The number of methoxy groups -OCH3 is 1. The Labute approximate surface area is 142 Å². The van der Waals surface area contributed by atoms with Crippen molar-refractivity contribution in [1.82, 2.24) is 5.32 Å². The summed E-state index contributed by atoms with van der Waals surface area (Å²) >= 11 is 0. The highest BCUT2D eigenvalue weighted by atomic mass is 35.5. The number of ether oxygens (including phenoxy) is 2. The van der Waals surface area contributed by atoms with E-state index in [1.807, 2.05) is 30.3 Å². The van der Waals surface area contributed by atoms with Gasteiger partial charge in [0.2, 0.25) is 5.91 Å². The third-order valence-corrected chi connectivity index (χ3v) is 3.41. The fraction of sp³-hybridized carbons (Fsp3) is 0.353. The average molecular weight is 339 g/mol. The number of amides is 1. The number of hydrogen-bond acceptors (Lipinski definition) is 4. The van der Waals surface area contributed by atoms with Gasteiger partial charge in [0.05, 0.1) is 19.3 Å². The van der Waals surface area contributed by atoms with E-state index in [2.05, 4.69) is 17.4 Å². The molecule has 23 heavy (non-hydrogen) atoms. The number of carbonyl (C=O) groups is 1. The second-order valence-electron chi connectivity index (χ2n) is 5.01. The van der Waals surface area contributed by atoms with Crippen molar-refractivity contribution < 1.29 is 14.3 Å². The number of rotatable bonds is 8. The molecular weight excluding hydrogens is 316 g/mol. The van der Waals surface area contributed by atoms with Crippen LogP contribution in [0.2, 0.25) is 0 Å². The first-order valence-electron chi connectivity index (χ1n) is 7.29. The SMILES string of the molecule is COCCOCC(=O)NC(CN)c1ccc2ccccc2c1.Cl. The van der Waals surface area contributed by atoms with Gasteiger partial charge in [0.25, 0.3) is 0 Å². The molecule has 0 aromatic heterocycles. The molecule has 126 valence electrons. The van der Waals surface area contributed by atoms with Crippen LogP contribution in [0.25, 0.3) is 10.8 Å². The number of carbonyl (C=O) groups excluding carboxylic acids is 1. The molecule has 2 aromatic rings. The second-order valence-corrected chi connectivity index (χ2v) is 5.01. The van der Waals surface area contributed by atoms with Gasteiger partial charge in [-0.1, -0.05) is 36.4 Å². The lowest BCUT2D eigenvalue weighted by Gasteiger charge is -2.18. The van der Waals surface area contributed by atoms with Crippen LogP contribution in [0.1, 0.15) is 11.6 Å². The van der Waals surface area contributed by atoms with Crippen molar-refractivity contribution in [1.29, 1.82) is 0 Å². The summed E-state index contributed by atoms with van der Waals surface area (Å²) in [5.74, 6) is -0.181. The Morgan fingerprint density at radius 2 is 1.91 bits per heavy atom. The molecule has 6 heteroatoms. The highest BCUT2D eigenvalue weighted by molar-refractivity contribution is 5.85. The number of halogens is 1. The summed E-state index contributed by atoms with van der Waals surface area (Å²) in [7, 11) is 1.59. The normalized spacial score (nSPS) is 11.7. The van der Waals surface area contributed by atoms with Crippen LogP contribution >= 0.6 is 12.4 Å². The highest BCUT2D eigenvalue weighted by Crippen LogP contribution is 2.20. The van der Waals surface area contributed by atoms with Gasteiger partial charge in [0.1, 0.15) is 6.61 Å². The standard InChI is InChI=1S/C17H22N2O3.ClH/c1-21-8-9-22-12-17(20)19-16(11-18)15-7-6-13-4-2-3-5-14(13)10-15;/h2-7,10,16H,8-9,11-12,18H2,1H3,(H,19,20);1H. The van der Waals surface area contributed by atoms with E-state index in [0.29, 0.717) is 19.8 Å². The predicted octanol–water partition coefficient (Wildman–Crippen LogP) is 2.04. The molecule has 0 saturated heterocycles. The maximum atomic E-state index is 11.9. The van der Waals surface area contributed by atoms with E-state index in [1.165, 1.54) is 0 Å². The Morgan fingerprint density at radius 1 is 1.17 bits per heavy atom. The van der Waals surface area contributed by atoms with Gasteiger partial charge in [-0.2, -0.15) is 0 Å². The summed E-state index contributed by atoms with van der Waals surface area (Å²) in [6, 6.07) is 14.0. The zero-order chi connectivity index (χ0) is 15.8. The maximum absolute atomic E-state index is 11.9. The largest absolute Gasteiger partial charge is 0.382 e. The summed E-state index contributed by atoms with van der Waals surface area (Å²) in [5.41, 5.74) is 6.79. The Morgan fingerprint density at radius 3 is 2.61 bits per heavy atom. The van der Waals surface area contributed by atoms with E-state index in [1.54, 1.807) is 7.11 Å². The van der Waals surface area contributed by atoms with Gasteiger partial charge >= 0.3 is 0 Å². The Kier molecular flexibility index (Phi) is 8.58. The summed E-state index contributed by atoms with van der Waals surface area (Å²) < 4.78 is 10.1. The lowest BCUT2D eigenvalue weighted by molar-refractivity contribution is -0.126. The van der Waals surface area contributed by atoms with E-state index in [9.17, 15) is 4.79 Å². The molecule has 3 N–H and O–H groups in total. The molecule has 2 rings (SSSR count). The van der Waals surface area contributed by atoms with E-state index in [-0.39, 0.29) is 31.0 Å². The molecule has 0 spiro atoms. The molecule has 0 radical (unpaired) electrons. The minimum absolute atomic E-state index is 0. The van der Waals surface area contributed by atoms with Crippen molar-refractivity contribution in [3.8, 4) is 0 Å². The third kappa shape index (κ3) is 5.80. The quantitative estimate of drug-likeness (QED) is 0.722. The van der Waals surface area contributed by atoms with Crippen LogP contribution in [0.4, 0.5) is 0 Å². The lowest BCUT2D eigenvalue weighted by atomic mass is 10.0. The van der Waals surface area contributed by atoms with Gasteiger partial charge in [0.15, 0.2) is 0 Å². The van der Waals surface area contributed by atoms with Gasteiger partial charge in [-0.3, -0.25) is 4.79 Å². The van der Waals surface area contributed by atoms with Crippen molar-refractivity contribution in [2.24, 2.45) is 5.73 Å². The molecule has 0 saturated carbocycles. The van der Waals surface area contributed by atoms with E-state index < -0.39 is 0 Å². The number of fused-ring (bicyclic) bond motifs is 1. The smallest absolute Gasteiger partial charge is 0.246 e. The molecule has 5 nitrogen and oxygen atoms in total. The molecule has 1 amide bonds. The Balaban J connectivity index is 0.00000264. The monoisotopic (exact) mass is 338 g/mol. The van der Waals surface area contributed by atoms with Crippen LogP contribution in [0, 0.1) is 0 Å². The molecule has 2 aromatic carbocycles. The molecule has 0 bridgehead atoms. The van der Waals surface area contributed by atoms with Gasteiger partial charge in [-0.05, 0) is 22.4 Å². The molecule has 0 heterocycles. The Bertz CT molecular complexity index is 622. The zero-order valence-corrected chi connectivity index (χ0v) is 14.0. The first kappa shape index (κ1) is 19.4. The number of nitrogens with one attached hydrogen (secondary N) is 1. The van der Waals surface area contributed by atoms with Gasteiger partial charge in [0, 0.05) is 13.7 Å². The topological polar surface area (TPSA) is 73.6 Å². The molecule has 0 aliphatic heterocycles. The molecule has 0 fully saturated rings. The van der Waals surface area contributed by atoms with Crippen LogP contribution in [0.5, 0.6) is 0 Å². The summed E-state index contributed by atoms with van der Waals surface area (Å²) in [4.78, 5) is 11.9. The van der Waals surface area contributed by atoms with Gasteiger partial charge in [-0.25, -0.2) is 0 Å². The van der Waals surface area contributed by atoms with Gasteiger partial charge < -0.3 is 20.5 Å².